The first-order valence-corrected chi connectivity index (χ1v) is 20.0. The second-order valence-electron chi connectivity index (χ2n) is 13.3. The van der Waals surface area contributed by atoms with Crippen molar-refractivity contribution in [2.45, 2.75) is 57.3 Å². The van der Waals surface area contributed by atoms with Crippen molar-refractivity contribution in [1.82, 2.24) is 4.90 Å². The molecule has 10 heteroatoms. The van der Waals surface area contributed by atoms with Crippen molar-refractivity contribution in [3.8, 4) is 11.5 Å². The lowest BCUT2D eigenvalue weighted by molar-refractivity contribution is -0.268. The summed E-state index contributed by atoms with van der Waals surface area (Å²) in [7, 11) is 0.324. The molecule has 1 amide bonds. The number of esters is 1. The van der Waals surface area contributed by atoms with Gasteiger partial charge in [0, 0.05) is 44.6 Å². The van der Waals surface area contributed by atoms with Gasteiger partial charge in [0.25, 0.3) is 0 Å². The van der Waals surface area contributed by atoms with E-state index in [-0.39, 0.29) is 32.5 Å². The fraction of sp³-hybridized carbons (Fsp3) is 0.368. The highest BCUT2D eigenvalue weighted by Crippen LogP contribution is 2.34. The third-order valence-corrected chi connectivity index (χ3v) is 10.3. The minimum atomic E-state index is -1.22. The van der Waals surface area contributed by atoms with Crippen molar-refractivity contribution in [1.29, 1.82) is 0 Å². The highest BCUT2D eigenvalue weighted by molar-refractivity contribution is 6.76. The first-order valence-electron chi connectivity index (χ1n) is 16.3. The van der Waals surface area contributed by atoms with E-state index in [2.05, 4.69) is 19.6 Å². The molecule has 2 atom stereocenters. The topological polar surface area (TPSA) is 107 Å². The molecule has 0 bridgehead atoms. The van der Waals surface area contributed by atoms with Crippen LogP contribution in [0.15, 0.2) is 84.9 Å². The Balaban J connectivity index is 1.27. The van der Waals surface area contributed by atoms with E-state index in [1.165, 1.54) is 4.90 Å². The van der Waals surface area contributed by atoms with Crippen LogP contribution in [0.3, 0.4) is 0 Å². The van der Waals surface area contributed by atoms with Crippen LogP contribution in [0, 0.1) is 0 Å². The van der Waals surface area contributed by atoms with Crippen molar-refractivity contribution in [2.75, 3.05) is 33.6 Å². The number of likely N-dealkylation sites (tertiary alicyclic amines) is 1. The molecule has 0 radical (unpaired) electrons. The molecule has 1 saturated heterocycles. The molecule has 2 unspecified atom stereocenters. The molecule has 1 fully saturated rings. The van der Waals surface area contributed by atoms with Gasteiger partial charge in [0.2, 0.25) is 0 Å². The molecule has 1 aliphatic rings. The van der Waals surface area contributed by atoms with Gasteiger partial charge in [-0.25, -0.2) is 4.79 Å². The van der Waals surface area contributed by atoms with E-state index in [1.54, 1.807) is 31.4 Å². The molecule has 1 heterocycles. The number of piperidine rings is 1. The number of methoxy groups -OCH3 is 1. The van der Waals surface area contributed by atoms with Gasteiger partial charge in [0.05, 0.1) is 25.4 Å². The number of ether oxygens (including phenoxy) is 5. The first kappa shape index (κ1) is 34.9. The summed E-state index contributed by atoms with van der Waals surface area (Å²) in [5, 5.41) is 13.9. The van der Waals surface area contributed by atoms with Crippen molar-refractivity contribution in [3.05, 3.63) is 107 Å². The number of carbonyl (C=O) groups excluding carboxylic acids is 2. The summed E-state index contributed by atoms with van der Waals surface area (Å²) in [6, 6.07) is 27.8. The third-order valence-electron chi connectivity index (χ3n) is 8.60. The van der Waals surface area contributed by atoms with E-state index < -0.39 is 26.2 Å². The van der Waals surface area contributed by atoms with Gasteiger partial charge in [-0.2, -0.15) is 0 Å². The van der Waals surface area contributed by atoms with Crippen molar-refractivity contribution >= 4 is 30.9 Å². The van der Waals surface area contributed by atoms with Crippen LogP contribution in [0.1, 0.15) is 39.4 Å². The Hall–Kier alpha value is -4.38. The summed E-state index contributed by atoms with van der Waals surface area (Å²) in [5.74, 6) is 0.805. The SMILES string of the molecule is COc1cccc(C(=O)OCc2ccc(C3CCN(C(=O)[O-])CC3OCc3ccc4ccccc4c3OCOCC[Si](C)(C)C)cc2)c1. The smallest absolute Gasteiger partial charge is 0.338 e. The lowest BCUT2D eigenvalue weighted by Gasteiger charge is -2.40. The molecule has 0 saturated carbocycles. The maximum absolute atomic E-state index is 12.6. The van der Waals surface area contributed by atoms with Crippen LogP contribution in [-0.2, 0) is 27.4 Å². The third kappa shape index (κ3) is 9.37. The number of hydrogen-bond donors (Lipinski definition) is 0. The predicted molar refractivity (Wildman–Crippen MR) is 185 cm³/mol. The van der Waals surface area contributed by atoms with Gasteiger partial charge in [0.15, 0.2) is 6.79 Å². The molecule has 48 heavy (non-hydrogen) atoms. The zero-order valence-electron chi connectivity index (χ0n) is 28.1. The second kappa shape index (κ2) is 16.1. The van der Waals surface area contributed by atoms with Crippen LogP contribution >= 0.6 is 0 Å². The molecular weight excluding hydrogens is 627 g/mol. The van der Waals surface area contributed by atoms with Gasteiger partial charge in [-0.3, -0.25) is 0 Å². The number of benzene rings is 4. The molecule has 1 aliphatic heterocycles. The van der Waals surface area contributed by atoms with E-state index in [4.69, 9.17) is 23.7 Å². The summed E-state index contributed by atoms with van der Waals surface area (Å²) < 4.78 is 29.3. The van der Waals surface area contributed by atoms with Crippen LogP contribution in [0.25, 0.3) is 10.8 Å². The Kier molecular flexibility index (Phi) is 11.8. The standard InChI is InChI=1S/C38H45NO8Si/c1-43-32-10-7-9-30(22-32)37(40)46-24-27-12-14-29(15-13-27)33-18-19-39(38(41)42)23-35(33)45-25-31-17-16-28-8-5-6-11-34(28)36(31)47-26-44-20-21-48(2,3)4/h5-17,22,33,35H,18-21,23-26H2,1-4H3,(H,41,42)/p-1. The minimum Gasteiger partial charge on any atom is -0.530 e. The lowest BCUT2D eigenvalue weighted by atomic mass is 9.86. The van der Waals surface area contributed by atoms with E-state index in [0.717, 1.165) is 33.5 Å². The summed E-state index contributed by atoms with van der Waals surface area (Å²) in [6.45, 7) is 8.62. The molecule has 0 aliphatic carbocycles. The number of fused-ring (bicyclic) bond motifs is 1. The zero-order valence-corrected chi connectivity index (χ0v) is 29.1. The molecule has 0 aromatic heterocycles. The maximum Gasteiger partial charge on any atom is 0.338 e. The van der Waals surface area contributed by atoms with E-state index in [0.29, 0.717) is 36.6 Å². The average Bonchev–Trinajstić information content (AvgIpc) is 3.09. The number of amides is 1. The van der Waals surface area contributed by atoms with E-state index in [1.807, 2.05) is 60.7 Å². The fourth-order valence-corrected chi connectivity index (χ4v) is 6.54. The number of nitrogens with zero attached hydrogens (tertiary/aromatic N) is 1. The normalized spacial score (nSPS) is 16.5. The molecular formula is C38H44NO8Si-. The van der Waals surface area contributed by atoms with Gasteiger partial charge < -0.3 is 38.5 Å². The Morgan fingerprint density at radius 2 is 1.73 bits per heavy atom. The summed E-state index contributed by atoms with van der Waals surface area (Å²) >= 11 is 0. The quantitative estimate of drug-likeness (QED) is 0.0639. The molecule has 4 aromatic carbocycles. The van der Waals surface area contributed by atoms with E-state index in [9.17, 15) is 14.7 Å². The van der Waals surface area contributed by atoms with Crippen molar-refractivity contribution in [2.24, 2.45) is 0 Å². The molecule has 5 rings (SSSR count). The molecule has 0 spiro atoms. The van der Waals surface area contributed by atoms with Crippen LogP contribution in [-0.4, -0.2) is 64.7 Å². The summed E-state index contributed by atoms with van der Waals surface area (Å²) in [4.78, 5) is 25.7. The molecule has 254 valence electrons. The van der Waals surface area contributed by atoms with Crippen LogP contribution < -0.4 is 14.6 Å². The Morgan fingerprint density at radius 1 is 0.938 bits per heavy atom. The minimum absolute atomic E-state index is 0.0521. The lowest BCUT2D eigenvalue weighted by Crippen LogP contribution is -2.51. The van der Waals surface area contributed by atoms with Crippen LogP contribution in [0.4, 0.5) is 4.79 Å². The number of carboxylic acid groups (broad SMARTS) is 1. The first-order chi connectivity index (χ1) is 23.1. The number of carbonyl (C=O) groups is 2. The monoisotopic (exact) mass is 670 g/mol. The van der Waals surface area contributed by atoms with Gasteiger partial charge in [-0.05, 0) is 47.2 Å². The molecule has 0 N–H and O–H groups in total. The summed E-state index contributed by atoms with van der Waals surface area (Å²) in [6.07, 6.45) is -1.05. The number of rotatable bonds is 14. The van der Waals surface area contributed by atoms with Crippen molar-refractivity contribution < 1.29 is 38.4 Å². The van der Waals surface area contributed by atoms with Crippen LogP contribution in [0.2, 0.25) is 25.7 Å². The molecule has 9 nitrogen and oxygen atoms in total. The van der Waals surface area contributed by atoms with Gasteiger partial charge in [0.1, 0.15) is 24.2 Å². The Bertz CT molecular complexity index is 1690. The Morgan fingerprint density at radius 3 is 2.48 bits per heavy atom. The van der Waals surface area contributed by atoms with Gasteiger partial charge in [-0.15, -0.1) is 0 Å². The zero-order chi connectivity index (χ0) is 34.1. The number of hydrogen-bond acceptors (Lipinski definition) is 8. The van der Waals surface area contributed by atoms with Crippen LogP contribution in [0.5, 0.6) is 11.5 Å². The van der Waals surface area contributed by atoms with E-state index >= 15 is 0 Å². The van der Waals surface area contributed by atoms with Gasteiger partial charge in [-0.1, -0.05) is 86.4 Å². The highest BCUT2D eigenvalue weighted by Gasteiger charge is 2.32. The molecule has 4 aromatic rings. The highest BCUT2D eigenvalue weighted by atomic mass is 28.3. The average molecular weight is 671 g/mol. The fourth-order valence-electron chi connectivity index (χ4n) is 5.78. The van der Waals surface area contributed by atoms with Gasteiger partial charge >= 0.3 is 5.97 Å². The maximum atomic E-state index is 12.6. The van der Waals surface area contributed by atoms with Crippen molar-refractivity contribution in [3.63, 3.8) is 0 Å². The largest absolute Gasteiger partial charge is 0.530 e. The summed E-state index contributed by atoms with van der Waals surface area (Å²) in [5.41, 5.74) is 3.14. The second-order valence-corrected chi connectivity index (χ2v) is 18.9. The predicted octanol–water partition coefficient (Wildman–Crippen LogP) is 6.61. The Labute approximate surface area is 283 Å².